The lowest BCUT2D eigenvalue weighted by molar-refractivity contribution is 0.150. The fourth-order valence-electron chi connectivity index (χ4n) is 1.91. The Morgan fingerprint density at radius 1 is 1.56 bits per heavy atom. The van der Waals surface area contributed by atoms with Crippen LogP contribution >= 0.6 is 0 Å². The molecule has 0 atom stereocenters. The van der Waals surface area contributed by atoms with Gasteiger partial charge in [-0.3, -0.25) is 4.98 Å². The van der Waals surface area contributed by atoms with Crippen LogP contribution in [0.15, 0.2) is 24.4 Å². The van der Waals surface area contributed by atoms with Crippen LogP contribution in [0.3, 0.4) is 0 Å². The summed E-state index contributed by atoms with van der Waals surface area (Å²) in [4.78, 5) is 16.6. The van der Waals surface area contributed by atoms with E-state index in [1.54, 1.807) is 6.20 Å². The summed E-state index contributed by atoms with van der Waals surface area (Å²) in [5.74, 6) is 0.729. The molecule has 0 unspecified atom stereocenters. The highest BCUT2D eigenvalue weighted by Crippen LogP contribution is 2.20. The third-order valence-corrected chi connectivity index (χ3v) is 2.80. The van der Waals surface area contributed by atoms with Gasteiger partial charge in [-0.1, -0.05) is 6.08 Å². The minimum absolute atomic E-state index is 0.399. The summed E-state index contributed by atoms with van der Waals surface area (Å²) in [6.07, 6.45) is 3.56. The zero-order chi connectivity index (χ0) is 13.0. The van der Waals surface area contributed by atoms with Gasteiger partial charge in [0.1, 0.15) is 5.75 Å². The molecule has 2 rings (SSSR count). The van der Waals surface area contributed by atoms with E-state index in [-0.39, 0.29) is 0 Å². The van der Waals surface area contributed by atoms with Gasteiger partial charge < -0.3 is 14.7 Å². The number of carbonyl (C=O) groups is 1. The molecule has 1 aromatic heterocycles. The van der Waals surface area contributed by atoms with Gasteiger partial charge in [-0.05, 0) is 31.1 Å². The molecule has 5 nitrogen and oxygen atoms in total. The van der Waals surface area contributed by atoms with Crippen LogP contribution in [0.2, 0.25) is 0 Å². The molecule has 0 spiro atoms. The van der Waals surface area contributed by atoms with Gasteiger partial charge in [0.05, 0.1) is 25.0 Å². The highest BCUT2D eigenvalue weighted by molar-refractivity contribution is 5.72. The molecule has 0 bridgehead atoms. The maximum Gasteiger partial charge on any atom is 0.407 e. The number of amides is 1. The Hall–Kier alpha value is -2.04. The number of rotatable bonds is 3. The van der Waals surface area contributed by atoms with Crippen LogP contribution in [0, 0.1) is 0 Å². The van der Waals surface area contributed by atoms with Crippen molar-refractivity contribution >= 4 is 11.7 Å². The summed E-state index contributed by atoms with van der Waals surface area (Å²) in [7, 11) is 0. The normalized spacial score (nSPS) is 15.2. The summed E-state index contributed by atoms with van der Waals surface area (Å²) in [6.45, 7) is 3.48. The Morgan fingerprint density at radius 3 is 3.00 bits per heavy atom. The van der Waals surface area contributed by atoms with Gasteiger partial charge in [0.2, 0.25) is 0 Å². The summed E-state index contributed by atoms with van der Waals surface area (Å²) in [5.41, 5.74) is 1.76. The summed E-state index contributed by atoms with van der Waals surface area (Å²) >= 11 is 0. The van der Waals surface area contributed by atoms with Crippen molar-refractivity contribution in [2.75, 3.05) is 19.7 Å². The lowest BCUT2D eigenvalue weighted by atomic mass is 10.1. The largest absolute Gasteiger partial charge is 0.492 e. The number of hydrogen-bond donors (Lipinski definition) is 1. The van der Waals surface area contributed by atoms with E-state index in [4.69, 9.17) is 9.84 Å². The lowest BCUT2D eigenvalue weighted by Gasteiger charge is -2.24. The predicted octanol–water partition coefficient (Wildman–Crippen LogP) is 2.25. The maximum absolute atomic E-state index is 10.9. The van der Waals surface area contributed by atoms with E-state index in [0.717, 1.165) is 23.4 Å². The van der Waals surface area contributed by atoms with Gasteiger partial charge >= 0.3 is 6.09 Å². The van der Waals surface area contributed by atoms with Crippen molar-refractivity contribution in [3.63, 3.8) is 0 Å². The van der Waals surface area contributed by atoms with Crippen LogP contribution in [0.5, 0.6) is 5.75 Å². The number of pyridine rings is 1. The zero-order valence-corrected chi connectivity index (χ0v) is 10.3. The fourth-order valence-corrected chi connectivity index (χ4v) is 1.91. The van der Waals surface area contributed by atoms with Crippen molar-refractivity contribution in [2.24, 2.45) is 0 Å². The number of ether oxygens (including phenoxy) is 1. The molecule has 1 N–H and O–H groups in total. The Bertz CT molecular complexity index is 454. The maximum atomic E-state index is 10.9. The minimum atomic E-state index is -0.883. The van der Waals surface area contributed by atoms with E-state index >= 15 is 0 Å². The molecule has 0 radical (unpaired) electrons. The topological polar surface area (TPSA) is 62.7 Å². The van der Waals surface area contributed by atoms with Crippen LogP contribution in [-0.2, 0) is 0 Å². The molecule has 0 saturated carbocycles. The first-order chi connectivity index (χ1) is 8.70. The van der Waals surface area contributed by atoms with Crippen LogP contribution < -0.4 is 4.74 Å². The number of aromatic nitrogens is 1. The first-order valence-corrected chi connectivity index (χ1v) is 5.97. The first-order valence-electron chi connectivity index (χ1n) is 5.97. The smallest absolute Gasteiger partial charge is 0.407 e. The van der Waals surface area contributed by atoms with Crippen LogP contribution in [0.25, 0.3) is 5.57 Å². The minimum Gasteiger partial charge on any atom is -0.492 e. The molecule has 0 fully saturated rings. The molecule has 5 heteroatoms. The van der Waals surface area contributed by atoms with Gasteiger partial charge in [-0.15, -0.1) is 0 Å². The molecule has 96 valence electrons. The predicted molar refractivity (Wildman–Crippen MR) is 67.6 cm³/mol. The van der Waals surface area contributed by atoms with Gasteiger partial charge in [0.25, 0.3) is 0 Å². The fraction of sp³-hybridized carbons (Fsp3) is 0.385. The van der Waals surface area contributed by atoms with Crippen molar-refractivity contribution in [1.29, 1.82) is 0 Å². The van der Waals surface area contributed by atoms with Crippen LogP contribution in [0.4, 0.5) is 4.79 Å². The van der Waals surface area contributed by atoms with Crippen molar-refractivity contribution in [2.45, 2.75) is 13.3 Å². The van der Waals surface area contributed by atoms with E-state index in [9.17, 15) is 4.79 Å². The third-order valence-electron chi connectivity index (χ3n) is 2.80. The standard InChI is InChI=1S/C13H16N2O3/c1-2-18-11-5-6-12(14-8-11)10-4-3-7-15(9-10)13(16)17/h4-6,8H,2-3,7,9H2,1H3,(H,16,17). The molecule has 0 aromatic carbocycles. The summed E-state index contributed by atoms with van der Waals surface area (Å²) < 4.78 is 5.32. The van der Waals surface area contributed by atoms with Crippen molar-refractivity contribution in [3.05, 3.63) is 30.1 Å². The summed E-state index contributed by atoms with van der Waals surface area (Å²) in [6, 6.07) is 3.72. The van der Waals surface area contributed by atoms with E-state index in [0.29, 0.717) is 19.7 Å². The molecular weight excluding hydrogens is 232 g/mol. The molecule has 1 aliphatic rings. The Morgan fingerprint density at radius 2 is 2.39 bits per heavy atom. The second kappa shape index (κ2) is 5.53. The van der Waals surface area contributed by atoms with E-state index < -0.39 is 6.09 Å². The highest BCUT2D eigenvalue weighted by atomic mass is 16.5. The van der Waals surface area contributed by atoms with Gasteiger partial charge in [-0.25, -0.2) is 4.79 Å². The number of nitrogens with zero attached hydrogens (tertiary/aromatic N) is 2. The van der Waals surface area contributed by atoms with Gasteiger partial charge in [-0.2, -0.15) is 0 Å². The average molecular weight is 248 g/mol. The zero-order valence-electron chi connectivity index (χ0n) is 10.3. The summed E-state index contributed by atoms with van der Waals surface area (Å²) in [5, 5.41) is 8.98. The Balaban J connectivity index is 2.11. The highest BCUT2D eigenvalue weighted by Gasteiger charge is 2.18. The SMILES string of the molecule is CCOc1ccc(C2=CCCN(C(=O)O)C2)nc1. The van der Waals surface area contributed by atoms with E-state index in [1.165, 1.54) is 4.90 Å². The second-order valence-electron chi connectivity index (χ2n) is 4.03. The van der Waals surface area contributed by atoms with Crippen LogP contribution in [-0.4, -0.2) is 40.8 Å². The van der Waals surface area contributed by atoms with E-state index in [2.05, 4.69) is 4.98 Å². The van der Waals surface area contributed by atoms with Gasteiger partial charge in [0, 0.05) is 6.54 Å². The number of hydrogen-bond acceptors (Lipinski definition) is 3. The Labute approximate surface area is 106 Å². The molecular formula is C13H16N2O3. The van der Waals surface area contributed by atoms with Gasteiger partial charge in [0.15, 0.2) is 0 Å². The van der Waals surface area contributed by atoms with Crippen LogP contribution in [0.1, 0.15) is 19.0 Å². The lowest BCUT2D eigenvalue weighted by Crippen LogP contribution is -2.34. The molecule has 18 heavy (non-hydrogen) atoms. The number of carboxylic acid groups (broad SMARTS) is 1. The second-order valence-corrected chi connectivity index (χ2v) is 4.03. The molecule has 1 aliphatic heterocycles. The third kappa shape index (κ3) is 2.80. The molecule has 0 aliphatic carbocycles. The van der Waals surface area contributed by atoms with E-state index in [1.807, 2.05) is 25.1 Å². The molecule has 0 saturated heterocycles. The monoisotopic (exact) mass is 248 g/mol. The molecule has 1 amide bonds. The molecule has 1 aromatic rings. The Kier molecular flexibility index (Phi) is 3.82. The quantitative estimate of drug-likeness (QED) is 0.891. The average Bonchev–Trinajstić information content (AvgIpc) is 2.40. The van der Waals surface area contributed by atoms with Crippen molar-refractivity contribution in [3.8, 4) is 5.75 Å². The van der Waals surface area contributed by atoms with Crippen molar-refractivity contribution < 1.29 is 14.6 Å². The molecule has 2 heterocycles. The van der Waals surface area contributed by atoms with Crippen molar-refractivity contribution in [1.82, 2.24) is 9.88 Å². The first kappa shape index (κ1) is 12.4.